The summed E-state index contributed by atoms with van der Waals surface area (Å²) in [6.07, 6.45) is -5.16. The second-order valence-corrected chi connectivity index (χ2v) is 7.50. The number of hydrogen-bond acceptors (Lipinski definition) is 2. The molecule has 0 radical (unpaired) electrons. The molecule has 3 rings (SSSR count). The fraction of sp³-hybridized carbons (Fsp3) is 0.278. The van der Waals surface area contributed by atoms with E-state index in [1.165, 1.54) is 18.2 Å². The van der Waals surface area contributed by atoms with Crippen LogP contribution in [0.5, 0.6) is 0 Å². The third-order valence-corrected chi connectivity index (χ3v) is 5.38. The highest BCUT2D eigenvalue weighted by Gasteiger charge is 2.62. The summed E-state index contributed by atoms with van der Waals surface area (Å²) >= 11 is 15.2. The molecule has 0 N–H and O–H groups in total. The topological polar surface area (TPSA) is 21.6 Å². The summed E-state index contributed by atoms with van der Waals surface area (Å²) in [4.78, 5) is 5.00. The highest BCUT2D eigenvalue weighted by Crippen LogP contribution is 2.49. The van der Waals surface area contributed by atoms with Crippen molar-refractivity contribution in [3.8, 4) is 0 Å². The van der Waals surface area contributed by atoms with E-state index < -0.39 is 18.2 Å². The van der Waals surface area contributed by atoms with E-state index in [4.69, 9.17) is 28.0 Å². The number of hydrogen-bond donors (Lipinski definition) is 0. The molecular formula is C18H13BrCl2F3NO. The minimum atomic E-state index is -4.70. The SMILES string of the molecule is Cc1cc(C2=NOC(c3cc(Cl)cc(Cl)c3)(C(F)(F)F)C2)ccc1CBr. The molecule has 1 heterocycles. The van der Waals surface area contributed by atoms with Gasteiger partial charge in [-0.25, -0.2) is 0 Å². The van der Waals surface area contributed by atoms with Gasteiger partial charge in [-0.3, -0.25) is 0 Å². The van der Waals surface area contributed by atoms with Crippen LogP contribution in [0.25, 0.3) is 0 Å². The van der Waals surface area contributed by atoms with Crippen LogP contribution in [-0.2, 0) is 15.8 Å². The van der Waals surface area contributed by atoms with Crippen LogP contribution in [-0.4, -0.2) is 11.9 Å². The van der Waals surface area contributed by atoms with Gasteiger partial charge in [-0.15, -0.1) is 0 Å². The number of aryl methyl sites for hydroxylation is 1. The molecule has 138 valence electrons. The van der Waals surface area contributed by atoms with Gasteiger partial charge in [0.05, 0.1) is 5.71 Å². The third kappa shape index (κ3) is 3.47. The molecule has 0 saturated heterocycles. The van der Waals surface area contributed by atoms with Crippen molar-refractivity contribution in [1.29, 1.82) is 0 Å². The standard InChI is InChI=1S/C18H13BrCl2F3NO/c1-10-4-11(2-3-12(10)9-19)16-8-17(26-25-16,18(22,23)24)13-5-14(20)7-15(21)6-13/h2-7H,8-9H2,1H3. The van der Waals surface area contributed by atoms with Gasteiger partial charge in [-0.1, -0.05) is 56.4 Å². The van der Waals surface area contributed by atoms with Crippen LogP contribution in [0, 0.1) is 6.92 Å². The molecule has 2 nitrogen and oxygen atoms in total. The molecule has 26 heavy (non-hydrogen) atoms. The minimum Gasteiger partial charge on any atom is -0.374 e. The zero-order valence-corrected chi connectivity index (χ0v) is 16.6. The Morgan fingerprint density at radius 3 is 2.35 bits per heavy atom. The second-order valence-electron chi connectivity index (χ2n) is 6.06. The zero-order chi connectivity index (χ0) is 19.1. The van der Waals surface area contributed by atoms with Gasteiger partial charge < -0.3 is 4.84 Å². The highest BCUT2D eigenvalue weighted by molar-refractivity contribution is 9.08. The quantitative estimate of drug-likeness (QED) is 0.457. The maximum Gasteiger partial charge on any atom is 0.435 e. The van der Waals surface area contributed by atoms with Crippen molar-refractivity contribution in [3.63, 3.8) is 0 Å². The Bertz CT molecular complexity index is 865. The number of oxime groups is 1. The summed E-state index contributed by atoms with van der Waals surface area (Å²) in [5, 5.41) is 4.62. The minimum absolute atomic E-state index is 0.102. The van der Waals surface area contributed by atoms with Gasteiger partial charge in [0.1, 0.15) is 0 Å². The Morgan fingerprint density at radius 2 is 1.81 bits per heavy atom. The molecule has 0 saturated carbocycles. The molecule has 1 atom stereocenters. The lowest BCUT2D eigenvalue weighted by molar-refractivity contribution is -0.275. The summed E-state index contributed by atoms with van der Waals surface area (Å²) in [6, 6.07) is 9.18. The number of nitrogens with zero attached hydrogens (tertiary/aromatic N) is 1. The average Bonchev–Trinajstić information content (AvgIpc) is 3.00. The van der Waals surface area contributed by atoms with E-state index in [1.54, 1.807) is 12.1 Å². The smallest absolute Gasteiger partial charge is 0.374 e. The van der Waals surface area contributed by atoms with Gasteiger partial charge in [0.2, 0.25) is 0 Å². The Balaban J connectivity index is 2.02. The van der Waals surface area contributed by atoms with E-state index in [0.717, 1.165) is 11.1 Å². The van der Waals surface area contributed by atoms with Gasteiger partial charge in [0, 0.05) is 27.4 Å². The van der Waals surface area contributed by atoms with E-state index in [9.17, 15) is 13.2 Å². The van der Waals surface area contributed by atoms with Crippen LogP contribution in [0.3, 0.4) is 0 Å². The molecule has 2 aromatic carbocycles. The lowest BCUT2D eigenvalue weighted by Gasteiger charge is -2.29. The Hall–Kier alpha value is -1.24. The molecule has 1 aliphatic rings. The van der Waals surface area contributed by atoms with Gasteiger partial charge in [-0.05, 0) is 47.9 Å². The summed E-state index contributed by atoms with van der Waals surface area (Å²) < 4.78 is 41.9. The molecule has 0 amide bonds. The molecule has 0 aromatic heterocycles. The molecule has 2 aromatic rings. The second kappa shape index (κ2) is 7.06. The predicted molar refractivity (Wildman–Crippen MR) is 100 cm³/mol. The monoisotopic (exact) mass is 465 g/mol. The summed E-state index contributed by atoms with van der Waals surface area (Å²) in [5.74, 6) is 0. The van der Waals surface area contributed by atoms with E-state index in [2.05, 4.69) is 21.1 Å². The van der Waals surface area contributed by atoms with Gasteiger partial charge in [-0.2, -0.15) is 13.2 Å². The van der Waals surface area contributed by atoms with E-state index in [1.807, 2.05) is 13.0 Å². The summed E-state index contributed by atoms with van der Waals surface area (Å²) in [7, 11) is 0. The first-order valence-electron chi connectivity index (χ1n) is 7.60. The maximum absolute atomic E-state index is 14.0. The predicted octanol–water partition coefficient (Wildman–Crippen LogP) is 6.78. The molecule has 0 bridgehead atoms. The average molecular weight is 467 g/mol. The van der Waals surface area contributed by atoms with Crippen molar-refractivity contribution in [2.24, 2.45) is 5.16 Å². The normalized spacial score (nSPS) is 20.0. The van der Waals surface area contributed by atoms with Crippen LogP contribution < -0.4 is 0 Å². The van der Waals surface area contributed by atoms with Crippen molar-refractivity contribution < 1.29 is 18.0 Å². The molecule has 0 fully saturated rings. The Morgan fingerprint density at radius 1 is 1.15 bits per heavy atom. The first-order chi connectivity index (χ1) is 12.2. The van der Waals surface area contributed by atoms with Crippen molar-refractivity contribution in [2.75, 3.05) is 0 Å². The van der Waals surface area contributed by atoms with Gasteiger partial charge in [0.15, 0.2) is 0 Å². The van der Waals surface area contributed by atoms with Crippen LogP contribution in [0.15, 0.2) is 41.6 Å². The summed E-state index contributed by atoms with van der Waals surface area (Å²) in [6.45, 7) is 1.89. The van der Waals surface area contributed by atoms with E-state index >= 15 is 0 Å². The Kier molecular flexibility index (Phi) is 5.30. The molecular weight excluding hydrogens is 454 g/mol. The van der Waals surface area contributed by atoms with Crippen LogP contribution in [0.2, 0.25) is 10.0 Å². The van der Waals surface area contributed by atoms with Crippen LogP contribution in [0.1, 0.15) is 28.7 Å². The lowest BCUT2D eigenvalue weighted by atomic mass is 9.86. The van der Waals surface area contributed by atoms with E-state index in [-0.39, 0.29) is 21.3 Å². The highest BCUT2D eigenvalue weighted by atomic mass is 79.9. The molecule has 0 spiro atoms. The number of rotatable bonds is 3. The third-order valence-electron chi connectivity index (χ3n) is 4.33. The van der Waals surface area contributed by atoms with Crippen molar-refractivity contribution in [3.05, 3.63) is 68.7 Å². The van der Waals surface area contributed by atoms with Crippen LogP contribution >= 0.6 is 39.1 Å². The number of alkyl halides is 4. The fourth-order valence-electron chi connectivity index (χ4n) is 2.87. The van der Waals surface area contributed by atoms with Gasteiger partial charge >= 0.3 is 6.18 Å². The lowest BCUT2D eigenvalue weighted by Crippen LogP contribution is -2.42. The van der Waals surface area contributed by atoms with Crippen molar-refractivity contribution in [1.82, 2.24) is 0 Å². The Labute approximate surface area is 167 Å². The summed E-state index contributed by atoms with van der Waals surface area (Å²) in [5.41, 5.74) is 0.0392. The molecule has 0 aliphatic carbocycles. The zero-order valence-electron chi connectivity index (χ0n) is 13.5. The van der Waals surface area contributed by atoms with Crippen LogP contribution in [0.4, 0.5) is 13.2 Å². The molecule has 1 aliphatic heterocycles. The van der Waals surface area contributed by atoms with E-state index in [0.29, 0.717) is 10.9 Å². The maximum atomic E-state index is 14.0. The number of benzene rings is 2. The largest absolute Gasteiger partial charge is 0.435 e. The number of halogens is 6. The fourth-order valence-corrected chi connectivity index (χ4v) is 4.03. The molecule has 8 heteroatoms. The first-order valence-corrected chi connectivity index (χ1v) is 9.48. The van der Waals surface area contributed by atoms with Crippen molar-refractivity contribution in [2.45, 2.75) is 30.5 Å². The molecule has 1 unspecified atom stereocenters. The van der Waals surface area contributed by atoms with Crippen molar-refractivity contribution >= 4 is 44.8 Å². The van der Waals surface area contributed by atoms with Gasteiger partial charge in [0.25, 0.3) is 5.60 Å². The first kappa shape index (κ1) is 19.5.